The van der Waals surface area contributed by atoms with E-state index in [9.17, 15) is 22.8 Å². The Kier molecular flexibility index (Phi) is 6.09. The zero-order chi connectivity index (χ0) is 20.8. The Hall–Kier alpha value is -3.87. The van der Waals surface area contributed by atoms with Gasteiger partial charge in [0, 0.05) is 5.56 Å². The molecule has 29 heavy (non-hydrogen) atoms. The fourth-order valence-electron chi connectivity index (χ4n) is 2.49. The molecule has 3 aromatic carbocycles. The average molecular weight is 396 g/mol. The molecule has 0 aliphatic heterocycles. The summed E-state index contributed by atoms with van der Waals surface area (Å²) in [5, 5.41) is 4.54. The van der Waals surface area contributed by atoms with Gasteiger partial charge in [0.1, 0.15) is 23.0 Å². The van der Waals surface area contributed by atoms with Gasteiger partial charge >= 0.3 is 0 Å². The molecule has 0 aliphatic carbocycles. The van der Waals surface area contributed by atoms with Crippen molar-refractivity contribution in [2.24, 2.45) is 0 Å². The van der Waals surface area contributed by atoms with Crippen LogP contribution in [0.4, 0.5) is 24.5 Å². The first-order valence-corrected chi connectivity index (χ1v) is 8.53. The first-order valence-electron chi connectivity index (χ1n) is 8.53. The molecule has 3 rings (SSSR count). The van der Waals surface area contributed by atoms with E-state index in [4.69, 9.17) is 0 Å². The number of rotatable bonds is 5. The minimum absolute atomic E-state index is 0.0325. The van der Waals surface area contributed by atoms with Crippen LogP contribution in [0.15, 0.2) is 78.4 Å². The summed E-state index contributed by atoms with van der Waals surface area (Å²) in [5.41, 5.74) is -0.872. The highest BCUT2D eigenvalue weighted by Gasteiger charge is 2.21. The monoisotopic (exact) mass is 396 g/mol. The molecular formula is C22H15F3N2O2. The van der Waals surface area contributed by atoms with Gasteiger partial charge in [-0.1, -0.05) is 42.5 Å². The summed E-state index contributed by atoms with van der Waals surface area (Å²) in [6.45, 7) is 0. The second-order valence-electron chi connectivity index (χ2n) is 5.95. The Bertz CT molecular complexity index is 1040. The lowest BCUT2D eigenvalue weighted by Gasteiger charge is -2.11. The van der Waals surface area contributed by atoms with E-state index in [1.54, 1.807) is 0 Å². The molecule has 2 amide bonds. The number of para-hydroxylation sites is 2. The summed E-state index contributed by atoms with van der Waals surface area (Å²) in [5.74, 6) is -4.04. The Morgan fingerprint density at radius 3 is 1.48 bits per heavy atom. The average Bonchev–Trinajstić information content (AvgIpc) is 2.70. The largest absolute Gasteiger partial charge is 0.319 e. The number of amides is 2. The van der Waals surface area contributed by atoms with Gasteiger partial charge in [0.15, 0.2) is 0 Å². The van der Waals surface area contributed by atoms with Crippen LogP contribution < -0.4 is 10.6 Å². The van der Waals surface area contributed by atoms with Crippen LogP contribution in [0.25, 0.3) is 6.08 Å². The first-order chi connectivity index (χ1) is 14.0. The molecular weight excluding hydrogens is 381 g/mol. The standard InChI is InChI=1S/C22H15F3N2O2/c23-16-8-2-1-7-14(16)13-15(21(28)26-19-11-5-3-9-17(19)24)22(29)27-20-12-6-4-10-18(20)25/h1-13H,(H,26,28)(H,27,29). The summed E-state index contributed by atoms with van der Waals surface area (Å²) in [4.78, 5) is 25.3. The molecule has 0 saturated carbocycles. The third-order valence-electron chi connectivity index (χ3n) is 3.94. The predicted octanol–water partition coefficient (Wildman–Crippen LogP) is 4.76. The number of anilines is 2. The molecule has 0 radical (unpaired) electrons. The van der Waals surface area contributed by atoms with E-state index in [0.29, 0.717) is 0 Å². The smallest absolute Gasteiger partial charge is 0.261 e. The second kappa shape index (κ2) is 8.88. The number of hydrogen-bond donors (Lipinski definition) is 2. The maximum absolute atomic E-state index is 14.0. The molecule has 4 nitrogen and oxygen atoms in total. The summed E-state index contributed by atoms with van der Waals surface area (Å²) >= 11 is 0. The van der Waals surface area contributed by atoms with Crippen molar-refractivity contribution >= 4 is 29.3 Å². The van der Waals surface area contributed by atoms with Crippen LogP contribution in [0.2, 0.25) is 0 Å². The number of hydrogen-bond acceptors (Lipinski definition) is 2. The molecule has 0 unspecified atom stereocenters. The number of carbonyl (C=O) groups excluding carboxylic acids is 2. The molecule has 0 atom stereocenters. The van der Waals surface area contributed by atoms with Crippen LogP contribution in [-0.2, 0) is 9.59 Å². The number of benzene rings is 3. The maximum atomic E-state index is 14.0. The highest BCUT2D eigenvalue weighted by molar-refractivity contribution is 6.28. The second-order valence-corrected chi connectivity index (χ2v) is 5.95. The Labute approximate surface area is 164 Å². The van der Waals surface area contributed by atoms with Crippen LogP contribution in [0.3, 0.4) is 0 Å². The van der Waals surface area contributed by atoms with Crippen LogP contribution in [-0.4, -0.2) is 11.8 Å². The third kappa shape index (κ3) is 4.90. The summed E-state index contributed by atoms with van der Waals surface area (Å²) in [6.07, 6.45) is 1.02. The van der Waals surface area contributed by atoms with Gasteiger partial charge in [-0.2, -0.15) is 0 Å². The van der Waals surface area contributed by atoms with Crippen molar-refractivity contribution in [3.05, 3.63) is 101 Å². The van der Waals surface area contributed by atoms with E-state index in [0.717, 1.165) is 24.3 Å². The topological polar surface area (TPSA) is 58.2 Å². The predicted molar refractivity (Wildman–Crippen MR) is 104 cm³/mol. The molecule has 0 saturated heterocycles. The summed E-state index contributed by atoms with van der Waals surface area (Å²) in [7, 11) is 0. The van der Waals surface area contributed by atoms with E-state index in [2.05, 4.69) is 10.6 Å². The Morgan fingerprint density at radius 1 is 0.621 bits per heavy atom. The van der Waals surface area contributed by atoms with Crippen molar-refractivity contribution in [2.75, 3.05) is 10.6 Å². The van der Waals surface area contributed by atoms with E-state index in [1.165, 1.54) is 54.6 Å². The van der Waals surface area contributed by atoms with Crippen molar-refractivity contribution in [3.63, 3.8) is 0 Å². The van der Waals surface area contributed by atoms with Crippen LogP contribution in [0.1, 0.15) is 5.56 Å². The van der Waals surface area contributed by atoms with Crippen LogP contribution >= 0.6 is 0 Å². The van der Waals surface area contributed by atoms with E-state index in [1.807, 2.05) is 0 Å². The fraction of sp³-hybridized carbons (Fsp3) is 0. The lowest BCUT2D eigenvalue weighted by atomic mass is 10.1. The van der Waals surface area contributed by atoms with Gasteiger partial charge in [-0.3, -0.25) is 9.59 Å². The highest BCUT2D eigenvalue weighted by Crippen LogP contribution is 2.19. The maximum Gasteiger partial charge on any atom is 0.261 e. The van der Waals surface area contributed by atoms with Crippen LogP contribution in [0, 0.1) is 17.5 Å². The molecule has 0 bridgehead atoms. The molecule has 3 aromatic rings. The van der Waals surface area contributed by atoms with Gasteiger partial charge in [-0.05, 0) is 36.4 Å². The van der Waals surface area contributed by atoms with Gasteiger partial charge in [0.25, 0.3) is 11.8 Å². The third-order valence-corrected chi connectivity index (χ3v) is 3.94. The zero-order valence-corrected chi connectivity index (χ0v) is 15.0. The molecule has 2 N–H and O–H groups in total. The fourth-order valence-corrected chi connectivity index (χ4v) is 2.49. The number of carbonyl (C=O) groups is 2. The minimum Gasteiger partial charge on any atom is -0.319 e. The molecule has 146 valence electrons. The van der Waals surface area contributed by atoms with Gasteiger partial charge < -0.3 is 10.6 Å². The number of nitrogens with one attached hydrogen (secondary N) is 2. The molecule has 7 heteroatoms. The van der Waals surface area contributed by atoms with E-state index >= 15 is 0 Å². The SMILES string of the molecule is O=C(Nc1ccccc1F)C(=Cc1ccccc1F)C(=O)Nc1ccccc1F. The van der Waals surface area contributed by atoms with Gasteiger partial charge in [-0.15, -0.1) is 0 Å². The molecule has 0 fully saturated rings. The molecule has 0 spiro atoms. The lowest BCUT2D eigenvalue weighted by molar-refractivity contribution is -0.118. The summed E-state index contributed by atoms with van der Waals surface area (Å²) < 4.78 is 41.8. The van der Waals surface area contributed by atoms with Crippen molar-refractivity contribution in [2.45, 2.75) is 0 Å². The van der Waals surface area contributed by atoms with Gasteiger partial charge in [0.05, 0.1) is 11.4 Å². The van der Waals surface area contributed by atoms with Crippen molar-refractivity contribution in [1.82, 2.24) is 0 Å². The quantitative estimate of drug-likeness (QED) is 0.371. The molecule has 0 heterocycles. The summed E-state index contributed by atoms with van der Waals surface area (Å²) in [6, 6.07) is 16.3. The van der Waals surface area contributed by atoms with E-state index < -0.39 is 34.8 Å². The lowest BCUT2D eigenvalue weighted by Crippen LogP contribution is -2.26. The number of halogens is 3. The normalized spacial score (nSPS) is 10.2. The van der Waals surface area contributed by atoms with Crippen LogP contribution in [0.5, 0.6) is 0 Å². The molecule has 0 aliphatic rings. The van der Waals surface area contributed by atoms with Crippen molar-refractivity contribution in [1.29, 1.82) is 0 Å². The highest BCUT2D eigenvalue weighted by atomic mass is 19.1. The van der Waals surface area contributed by atoms with Crippen molar-refractivity contribution in [3.8, 4) is 0 Å². The first kappa shape index (κ1) is 19.9. The zero-order valence-electron chi connectivity index (χ0n) is 15.0. The van der Waals surface area contributed by atoms with Crippen molar-refractivity contribution < 1.29 is 22.8 Å². The molecule has 0 aromatic heterocycles. The Morgan fingerprint density at radius 2 is 1.03 bits per heavy atom. The van der Waals surface area contributed by atoms with Gasteiger partial charge in [0.2, 0.25) is 0 Å². The Balaban J connectivity index is 1.96. The minimum atomic E-state index is -0.979. The van der Waals surface area contributed by atoms with E-state index in [-0.39, 0.29) is 16.9 Å². The van der Waals surface area contributed by atoms with Gasteiger partial charge in [-0.25, -0.2) is 13.2 Å².